The van der Waals surface area contributed by atoms with Crippen LogP contribution in [0.2, 0.25) is 5.02 Å². The molecular formula is C23H20ClNO2S. The molecule has 1 saturated carbocycles. The van der Waals surface area contributed by atoms with E-state index in [0.717, 1.165) is 28.7 Å². The van der Waals surface area contributed by atoms with Gasteiger partial charge in [-0.1, -0.05) is 61.0 Å². The van der Waals surface area contributed by atoms with Crippen LogP contribution in [0.15, 0.2) is 71.6 Å². The van der Waals surface area contributed by atoms with Gasteiger partial charge in [0, 0.05) is 16.5 Å². The summed E-state index contributed by atoms with van der Waals surface area (Å²) in [5, 5.41) is 0.704. The van der Waals surface area contributed by atoms with Gasteiger partial charge in [0.1, 0.15) is 0 Å². The van der Waals surface area contributed by atoms with E-state index in [1.807, 2.05) is 42.5 Å². The van der Waals surface area contributed by atoms with Gasteiger partial charge in [-0.3, -0.25) is 0 Å². The summed E-state index contributed by atoms with van der Waals surface area (Å²) in [5.41, 5.74) is 5.42. The highest BCUT2D eigenvalue weighted by Gasteiger charge is 2.53. The Morgan fingerprint density at radius 2 is 1.64 bits per heavy atom. The first-order chi connectivity index (χ1) is 13.4. The number of halogens is 1. The van der Waals surface area contributed by atoms with Gasteiger partial charge in [-0.25, -0.2) is 13.1 Å². The molecule has 1 N–H and O–H groups in total. The summed E-state index contributed by atoms with van der Waals surface area (Å²) >= 11 is 6.11. The smallest absolute Gasteiger partial charge is 0.207 e. The Morgan fingerprint density at radius 3 is 2.39 bits per heavy atom. The Kier molecular flexibility index (Phi) is 3.96. The minimum Gasteiger partial charge on any atom is -0.207 e. The lowest BCUT2D eigenvalue weighted by molar-refractivity contribution is 0.573. The van der Waals surface area contributed by atoms with Gasteiger partial charge < -0.3 is 0 Å². The Balaban J connectivity index is 1.40. The standard InChI is InChI=1S/C23H20ClNO2S/c1-23(17-5-3-2-4-6-17)14-22(23)25-28(26,27)19-8-10-21-16(13-19)11-15-12-18(24)7-9-20(15)21/h2-10,12-13,22,25H,11,14H2,1H3/t22-,23+/m0/s1. The quantitative estimate of drug-likeness (QED) is 0.520. The van der Waals surface area contributed by atoms with Crippen LogP contribution >= 0.6 is 11.6 Å². The first kappa shape index (κ1) is 17.9. The molecule has 28 heavy (non-hydrogen) atoms. The van der Waals surface area contributed by atoms with Crippen molar-refractivity contribution >= 4 is 21.6 Å². The molecule has 3 aromatic carbocycles. The maximum atomic E-state index is 13.0. The Hall–Kier alpha value is -2.14. The van der Waals surface area contributed by atoms with E-state index in [9.17, 15) is 8.42 Å². The molecule has 1 fully saturated rings. The number of sulfonamides is 1. The fourth-order valence-corrected chi connectivity index (χ4v) is 5.85. The summed E-state index contributed by atoms with van der Waals surface area (Å²) in [5.74, 6) is 0. The van der Waals surface area contributed by atoms with Crippen LogP contribution in [0, 0.1) is 0 Å². The third-order valence-corrected chi connectivity index (χ3v) is 7.80. The third kappa shape index (κ3) is 2.87. The topological polar surface area (TPSA) is 46.2 Å². The summed E-state index contributed by atoms with van der Waals surface area (Å²) in [6.07, 6.45) is 1.52. The van der Waals surface area contributed by atoms with Gasteiger partial charge in [-0.05, 0) is 64.9 Å². The monoisotopic (exact) mass is 409 g/mol. The van der Waals surface area contributed by atoms with E-state index in [1.165, 1.54) is 5.56 Å². The Bertz CT molecular complexity index is 1190. The van der Waals surface area contributed by atoms with E-state index in [2.05, 4.69) is 23.8 Å². The van der Waals surface area contributed by atoms with Crippen molar-refractivity contribution in [2.75, 3.05) is 0 Å². The number of nitrogens with one attached hydrogen (secondary N) is 1. The van der Waals surface area contributed by atoms with E-state index in [0.29, 0.717) is 16.3 Å². The number of hydrogen-bond acceptors (Lipinski definition) is 2. The predicted octanol–water partition coefficient (Wildman–Crippen LogP) is 4.92. The molecule has 0 radical (unpaired) electrons. The van der Waals surface area contributed by atoms with Crippen LogP contribution in [0.4, 0.5) is 0 Å². The molecule has 0 spiro atoms. The zero-order valence-electron chi connectivity index (χ0n) is 15.4. The highest BCUT2D eigenvalue weighted by molar-refractivity contribution is 7.89. The summed E-state index contributed by atoms with van der Waals surface area (Å²) < 4.78 is 28.9. The van der Waals surface area contributed by atoms with Gasteiger partial charge in [0.25, 0.3) is 0 Å². The van der Waals surface area contributed by atoms with Crippen molar-refractivity contribution < 1.29 is 8.42 Å². The average molecular weight is 410 g/mol. The van der Waals surface area contributed by atoms with Crippen LogP contribution < -0.4 is 4.72 Å². The molecule has 2 aliphatic rings. The van der Waals surface area contributed by atoms with Crippen LogP contribution in [0.25, 0.3) is 11.1 Å². The van der Waals surface area contributed by atoms with Gasteiger partial charge in [0.15, 0.2) is 0 Å². The summed E-state index contributed by atoms with van der Waals surface area (Å²) in [6.45, 7) is 2.11. The van der Waals surface area contributed by atoms with E-state index < -0.39 is 10.0 Å². The normalized spacial score (nSPS) is 22.6. The van der Waals surface area contributed by atoms with Gasteiger partial charge in [-0.15, -0.1) is 0 Å². The van der Waals surface area contributed by atoms with Crippen molar-refractivity contribution in [1.29, 1.82) is 0 Å². The minimum absolute atomic E-state index is 0.0795. The molecule has 0 bridgehead atoms. The van der Waals surface area contributed by atoms with E-state index in [1.54, 1.807) is 12.1 Å². The molecule has 142 valence electrons. The van der Waals surface area contributed by atoms with Crippen LogP contribution in [0.1, 0.15) is 30.0 Å². The third-order valence-electron chi connectivity index (χ3n) is 6.09. The van der Waals surface area contributed by atoms with Crippen molar-refractivity contribution in [3.05, 3.63) is 88.4 Å². The van der Waals surface area contributed by atoms with Crippen molar-refractivity contribution in [3.63, 3.8) is 0 Å². The fourth-order valence-electron chi connectivity index (χ4n) is 4.25. The predicted molar refractivity (Wildman–Crippen MR) is 112 cm³/mol. The maximum absolute atomic E-state index is 13.0. The molecule has 3 nitrogen and oxygen atoms in total. The molecule has 5 rings (SSSR count). The first-order valence-corrected chi connectivity index (χ1v) is 11.2. The maximum Gasteiger partial charge on any atom is 0.240 e. The lowest BCUT2D eigenvalue weighted by Crippen LogP contribution is -2.30. The number of fused-ring (bicyclic) bond motifs is 3. The van der Waals surface area contributed by atoms with Gasteiger partial charge in [0.2, 0.25) is 10.0 Å². The van der Waals surface area contributed by atoms with Crippen molar-refractivity contribution in [2.24, 2.45) is 0 Å². The molecule has 2 aliphatic carbocycles. The van der Waals surface area contributed by atoms with Crippen LogP contribution in [0.3, 0.4) is 0 Å². The molecule has 3 aromatic rings. The second kappa shape index (κ2) is 6.18. The zero-order valence-corrected chi connectivity index (χ0v) is 17.0. The lowest BCUT2D eigenvalue weighted by atomic mass is 9.98. The van der Waals surface area contributed by atoms with Gasteiger partial charge in [-0.2, -0.15) is 0 Å². The van der Waals surface area contributed by atoms with E-state index in [-0.39, 0.29) is 11.5 Å². The number of benzene rings is 3. The zero-order chi connectivity index (χ0) is 19.5. The highest BCUT2D eigenvalue weighted by atomic mass is 35.5. The van der Waals surface area contributed by atoms with Crippen molar-refractivity contribution in [1.82, 2.24) is 4.72 Å². The second-order valence-electron chi connectivity index (χ2n) is 7.96. The van der Waals surface area contributed by atoms with Crippen LogP contribution in [0.5, 0.6) is 0 Å². The summed E-state index contributed by atoms with van der Waals surface area (Å²) in [4.78, 5) is 0.326. The van der Waals surface area contributed by atoms with Gasteiger partial charge >= 0.3 is 0 Å². The van der Waals surface area contributed by atoms with Gasteiger partial charge in [0.05, 0.1) is 4.90 Å². The first-order valence-electron chi connectivity index (χ1n) is 9.36. The minimum atomic E-state index is -3.57. The lowest BCUT2D eigenvalue weighted by Gasteiger charge is -2.13. The molecule has 0 heterocycles. The molecule has 0 saturated heterocycles. The van der Waals surface area contributed by atoms with E-state index >= 15 is 0 Å². The highest BCUT2D eigenvalue weighted by Crippen LogP contribution is 2.48. The molecule has 0 unspecified atom stereocenters. The SMILES string of the molecule is C[C@]1(c2ccccc2)C[C@@H]1NS(=O)(=O)c1ccc2c(c1)Cc1cc(Cl)ccc1-2. The summed E-state index contributed by atoms with van der Waals surface area (Å²) in [7, 11) is -3.57. The Morgan fingerprint density at radius 1 is 0.964 bits per heavy atom. The molecular weight excluding hydrogens is 390 g/mol. The average Bonchev–Trinajstić information content (AvgIpc) is 3.18. The van der Waals surface area contributed by atoms with Crippen LogP contribution in [-0.2, 0) is 21.9 Å². The molecule has 0 amide bonds. The molecule has 0 aromatic heterocycles. The fraction of sp³-hybridized carbons (Fsp3) is 0.217. The number of rotatable bonds is 4. The molecule has 2 atom stereocenters. The van der Waals surface area contributed by atoms with Crippen molar-refractivity contribution in [2.45, 2.75) is 36.1 Å². The Labute approximate surface area is 170 Å². The van der Waals surface area contributed by atoms with Crippen molar-refractivity contribution in [3.8, 4) is 11.1 Å². The largest absolute Gasteiger partial charge is 0.240 e. The summed E-state index contributed by atoms with van der Waals surface area (Å²) in [6, 6.07) is 21.3. The van der Waals surface area contributed by atoms with Crippen LogP contribution in [-0.4, -0.2) is 14.5 Å². The molecule has 0 aliphatic heterocycles. The molecule has 5 heteroatoms. The number of hydrogen-bond donors (Lipinski definition) is 1. The second-order valence-corrected chi connectivity index (χ2v) is 10.1. The van der Waals surface area contributed by atoms with E-state index in [4.69, 9.17) is 11.6 Å².